The van der Waals surface area contributed by atoms with Crippen molar-refractivity contribution in [2.24, 2.45) is 0 Å². The van der Waals surface area contributed by atoms with Crippen molar-refractivity contribution in [3.05, 3.63) is 76.3 Å². The number of anilines is 1. The van der Waals surface area contributed by atoms with E-state index in [0.29, 0.717) is 22.6 Å². The van der Waals surface area contributed by atoms with Crippen molar-refractivity contribution in [2.75, 3.05) is 5.32 Å². The monoisotopic (exact) mass is 388 g/mol. The topological polar surface area (TPSA) is 90.0 Å². The minimum atomic E-state index is -0.314. The molecule has 0 aliphatic heterocycles. The van der Waals surface area contributed by atoms with Crippen molar-refractivity contribution in [1.29, 1.82) is 0 Å². The second-order valence-electron chi connectivity index (χ2n) is 6.74. The molecular formula is C22H20N4O3. The van der Waals surface area contributed by atoms with Gasteiger partial charge in [-0.3, -0.25) is 14.2 Å². The molecule has 0 saturated carbocycles. The van der Waals surface area contributed by atoms with Gasteiger partial charge in [0.25, 0.3) is 11.4 Å². The molecule has 0 spiro atoms. The summed E-state index contributed by atoms with van der Waals surface area (Å²) >= 11 is 0. The lowest BCUT2D eigenvalue weighted by atomic mass is 10.1. The highest BCUT2D eigenvalue weighted by Gasteiger charge is 2.16. The van der Waals surface area contributed by atoms with Crippen LogP contribution in [0, 0.1) is 6.92 Å². The maximum Gasteiger partial charge on any atom is 0.258 e. The number of aromatic nitrogens is 3. The first-order valence-electron chi connectivity index (χ1n) is 9.37. The molecule has 7 heteroatoms. The highest BCUT2D eigenvalue weighted by atomic mass is 16.5. The summed E-state index contributed by atoms with van der Waals surface area (Å²) < 4.78 is 6.69. The summed E-state index contributed by atoms with van der Waals surface area (Å²) in [4.78, 5) is 29.6. The van der Waals surface area contributed by atoms with E-state index >= 15 is 0 Å². The number of hydrogen-bond donors (Lipinski definition) is 1. The molecule has 0 aliphatic carbocycles. The SMILES string of the molecule is CCc1ccc(NC(=O)Cn2c(=O)cc(-c3nc(C)no3)c3ccccc32)cc1. The molecule has 2 heterocycles. The zero-order valence-electron chi connectivity index (χ0n) is 16.2. The van der Waals surface area contributed by atoms with Crippen LogP contribution in [0.2, 0.25) is 0 Å². The van der Waals surface area contributed by atoms with Gasteiger partial charge in [0.05, 0.1) is 11.1 Å². The first-order chi connectivity index (χ1) is 14.0. The molecule has 7 nitrogen and oxygen atoms in total. The molecule has 0 fully saturated rings. The number of rotatable bonds is 5. The van der Waals surface area contributed by atoms with Gasteiger partial charge in [0.15, 0.2) is 5.82 Å². The number of benzene rings is 2. The number of carbonyl (C=O) groups is 1. The van der Waals surface area contributed by atoms with Gasteiger partial charge < -0.3 is 9.84 Å². The summed E-state index contributed by atoms with van der Waals surface area (Å²) in [5, 5.41) is 7.40. The number of nitrogens with zero attached hydrogens (tertiary/aromatic N) is 3. The predicted molar refractivity (Wildman–Crippen MR) is 111 cm³/mol. The van der Waals surface area contributed by atoms with E-state index in [1.54, 1.807) is 13.0 Å². The number of amides is 1. The number of aryl methyl sites for hydroxylation is 2. The average Bonchev–Trinajstić information content (AvgIpc) is 3.16. The molecule has 4 aromatic rings. The molecule has 0 atom stereocenters. The number of hydrogen-bond acceptors (Lipinski definition) is 5. The normalized spacial score (nSPS) is 11.0. The van der Waals surface area contributed by atoms with E-state index in [1.165, 1.54) is 16.2 Å². The molecular weight excluding hydrogens is 368 g/mol. The maximum atomic E-state index is 12.8. The third kappa shape index (κ3) is 3.80. The number of carbonyl (C=O) groups excluding carboxylic acids is 1. The van der Waals surface area contributed by atoms with Crippen LogP contribution in [0.3, 0.4) is 0 Å². The van der Waals surface area contributed by atoms with Gasteiger partial charge in [-0.25, -0.2) is 0 Å². The molecule has 4 rings (SSSR count). The molecule has 1 amide bonds. The van der Waals surface area contributed by atoms with Gasteiger partial charge in [-0.1, -0.05) is 42.4 Å². The van der Waals surface area contributed by atoms with Gasteiger partial charge in [-0.15, -0.1) is 0 Å². The summed E-state index contributed by atoms with van der Waals surface area (Å²) in [7, 11) is 0. The highest BCUT2D eigenvalue weighted by Crippen LogP contribution is 2.26. The van der Waals surface area contributed by atoms with Crippen molar-refractivity contribution in [3.8, 4) is 11.5 Å². The van der Waals surface area contributed by atoms with Gasteiger partial charge in [-0.05, 0) is 37.1 Å². The first kappa shape index (κ1) is 18.6. The van der Waals surface area contributed by atoms with Crippen LogP contribution in [0.4, 0.5) is 5.69 Å². The van der Waals surface area contributed by atoms with Crippen molar-refractivity contribution in [2.45, 2.75) is 26.8 Å². The fourth-order valence-electron chi connectivity index (χ4n) is 3.25. The van der Waals surface area contributed by atoms with Crippen molar-refractivity contribution < 1.29 is 9.32 Å². The van der Waals surface area contributed by atoms with Crippen LogP contribution in [0.1, 0.15) is 18.3 Å². The van der Waals surface area contributed by atoms with Crippen LogP contribution < -0.4 is 10.9 Å². The van der Waals surface area contributed by atoms with Gasteiger partial charge in [0.2, 0.25) is 5.91 Å². The Morgan fingerprint density at radius 2 is 1.90 bits per heavy atom. The third-order valence-electron chi connectivity index (χ3n) is 4.72. The van der Waals surface area contributed by atoms with Crippen molar-refractivity contribution in [3.63, 3.8) is 0 Å². The zero-order chi connectivity index (χ0) is 20.4. The molecule has 0 aliphatic rings. The van der Waals surface area contributed by atoms with E-state index in [-0.39, 0.29) is 23.9 Å². The fourth-order valence-corrected chi connectivity index (χ4v) is 3.25. The van der Waals surface area contributed by atoms with Crippen LogP contribution in [0.25, 0.3) is 22.4 Å². The van der Waals surface area contributed by atoms with Crippen LogP contribution in [-0.2, 0) is 17.8 Å². The van der Waals surface area contributed by atoms with Crippen LogP contribution in [0.5, 0.6) is 0 Å². The van der Waals surface area contributed by atoms with Gasteiger partial charge >= 0.3 is 0 Å². The van der Waals surface area contributed by atoms with E-state index in [2.05, 4.69) is 22.4 Å². The molecule has 2 aromatic heterocycles. The number of para-hydroxylation sites is 1. The van der Waals surface area contributed by atoms with Gasteiger partial charge in [-0.2, -0.15) is 4.98 Å². The van der Waals surface area contributed by atoms with E-state index in [4.69, 9.17) is 4.52 Å². The van der Waals surface area contributed by atoms with Crippen LogP contribution >= 0.6 is 0 Å². The lowest BCUT2D eigenvalue weighted by Crippen LogP contribution is -2.27. The molecule has 0 radical (unpaired) electrons. The predicted octanol–water partition coefficient (Wildman–Crippen LogP) is 3.56. The highest BCUT2D eigenvalue weighted by molar-refractivity contribution is 5.95. The number of pyridine rings is 1. The van der Waals surface area contributed by atoms with Gasteiger partial charge in [0.1, 0.15) is 6.54 Å². The van der Waals surface area contributed by atoms with E-state index in [0.717, 1.165) is 11.8 Å². The lowest BCUT2D eigenvalue weighted by Gasteiger charge is -2.12. The Labute approximate surface area is 167 Å². The standard InChI is InChI=1S/C22H20N4O3/c1-3-15-8-10-16(11-9-15)24-20(27)13-26-19-7-5-4-6-17(19)18(12-21(26)28)22-23-14(2)25-29-22/h4-12H,3,13H2,1-2H3,(H,24,27). The van der Waals surface area contributed by atoms with E-state index in [9.17, 15) is 9.59 Å². The summed E-state index contributed by atoms with van der Waals surface area (Å²) in [5.74, 6) is 0.494. The van der Waals surface area contributed by atoms with Crippen LogP contribution in [0.15, 0.2) is 63.9 Å². The van der Waals surface area contributed by atoms with E-state index in [1.807, 2.05) is 42.5 Å². The Hall–Kier alpha value is -3.74. The Morgan fingerprint density at radius 1 is 1.14 bits per heavy atom. The second kappa shape index (κ2) is 7.71. The number of fused-ring (bicyclic) bond motifs is 1. The second-order valence-corrected chi connectivity index (χ2v) is 6.74. The summed E-state index contributed by atoms with van der Waals surface area (Å²) in [6.45, 7) is 3.69. The molecule has 0 saturated heterocycles. The third-order valence-corrected chi connectivity index (χ3v) is 4.72. The molecule has 29 heavy (non-hydrogen) atoms. The fraction of sp³-hybridized carbons (Fsp3) is 0.182. The number of nitrogens with one attached hydrogen (secondary N) is 1. The summed E-state index contributed by atoms with van der Waals surface area (Å²) in [6, 6.07) is 16.4. The molecule has 2 aromatic carbocycles. The summed E-state index contributed by atoms with van der Waals surface area (Å²) in [6.07, 6.45) is 0.932. The van der Waals surface area contributed by atoms with E-state index < -0.39 is 0 Å². The quantitative estimate of drug-likeness (QED) is 0.565. The lowest BCUT2D eigenvalue weighted by molar-refractivity contribution is -0.116. The average molecular weight is 388 g/mol. The molecule has 0 unspecified atom stereocenters. The summed E-state index contributed by atoms with van der Waals surface area (Å²) in [5.41, 5.74) is 2.76. The molecule has 146 valence electrons. The van der Waals surface area contributed by atoms with Crippen LogP contribution in [-0.4, -0.2) is 20.6 Å². The molecule has 1 N–H and O–H groups in total. The first-order valence-corrected chi connectivity index (χ1v) is 9.37. The maximum absolute atomic E-state index is 12.8. The van der Waals surface area contributed by atoms with Crippen molar-refractivity contribution >= 4 is 22.5 Å². The van der Waals surface area contributed by atoms with Crippen molar-refractivity contribution in [1.82, 2.24) is 14.7 Å². The zero-order valence-corrected chi connectivity index (χ0v) is 16.2. The smallest absolute Gasteiger partial charge is 0.258 e. The Morgan fingerprint density at radius 3 is 2.59 bits per heavy atom. The minimum absolute atomic E-state index is 0.0992. The minimum Gasteiger partial charge on any atom is -0.334 e. The Bertz CT molecular complexity index is 1240. The molecule has 0 bridgehead atoms. The Kier molecular flexibility index (Phi) is 4.95. The largest absolute Gasteiger partial charge is 0.334 e. The Balaban J connectivity index is 1.68. The van der Waals surface area contributed by atoms with Gasteiger partial charge in [0, 0.05) is 17.1 Å².